The number of hydrogen-bond donors (Lipinski definition) is 2. The number of rotatable bonds is 5. The Morgan fingerprint density at radius 3 is 2.89 bits per heavy atom. The van der Waals surface area contributed by atoms with Gasteiger partial charge in [-0.25, -0.2) is 9.37 Å². The number of aromatic nitrogens is 1. The molecule has 102 valence electrons. The largest absolute Gasteiger partial charge is 0.495 e. The molecule has 0 radical (unpaired) electrons. The first kappa shape index (κ1) is 13.6. The van der Waals surface area contributed by atoms with Gasteiger partial charge in [0.05, 0.1) is 29.2 Å². The molecule has 0 bridgehead atoms. The van der Waals surface area contributed by atoms with E-state index < -0.39 is 0 Å². The molecule has 0 unspecified atom stereocenters. The lowest BCUT2D eigenvalue weighted by Gasteiger charge is -2.10. The van der Waals surface area contributed by atoms with Gasteiger partial charge >= 0.3 is 0 Å². The minimum Gasteiger partial charge on any atom is -0.495 e. The zero-order valence-corrected chi connectivity index (χ0v) is 11.7. The van der Waals surface area contributed by atoms with Crippen LogP contribution in [-0.4, -0.2) is 18.6 Å². The van der Waals surface area contributed by atoms with Gasteiger partial charge in [-0.1, -0.05) is 0 Å². The fraction of sp³-hybridized carbons (Fsp3) is 0.308. The molecule has 0 aliphatic carbocycles. The monoisotopic (exact) mass is 281 g/mol. The summed E-state index contributed by atoms with van der Waals surface area (Å²) in [7, 11) is 1.51. The number of methoxy groups -OCH3 is 1. The maximum Gasteiger partial charge on any atom is 0.148 e. The number of nitrogen functional groups attached to an aromatic ring is 1. The van der Waals surface area contributed by atoms with E-state index >= 15 is 0 Å². The number of thiazole rings is 1. The van der Waals surface area contributed by atoms with E-state index in [9.17, 15) is 4.39 Å². The Morgan fingerprint density at radius 1 is 1.47 bits per heavy atom. The number of hydrogen-bond acceptors (Lipinski definition) is 5. The summed E-state index contributed by atoms with van der Waals surface area (Å²) < 4.78 is 18.8. The van der Waals surface area contributed by atoms with Gasteiger partial charge < -0.3 is 15.8 Å². The minimum atomic E-state index is -0.382. The smallest absolute Gasteiger partial charge is 0.148 e. The highest BCUT2D eigenvalue weighted by atomic mass is 32.1. The van der Waals surface area contributed by atoms with Gasteiger partial charge in [0.2, 0.25) is 0 Å². The van der Waals surface area contributed by atoms with Crippen LogP contribution in [0.5, 0.6) is 5.75 Å². The Balaban J connectivity index is 1.99. The van der Waals surface area contributed by atoms with Crippen LogP contribution in [0, 0.1) is 12.7 Å². The van der Waals surface area contributed by atoms with Crippen LogP contribution in [-0.2, 0) is 6.42 Å². The van der Waals surface area contributed by atoms with Gasteiger partial charge in [0.25, 0.3) is 0 Å². The van der Waals surface area contributed by atoms with E-state index in [0.29, 0.717) is 23.7 Å². The van der Waals surface area contributed by atoms with Crippen LogP contribution in [0.1, 0.15) is 10.7 Å². The summed E-state index contributed by atoms with van der Waals surface area (Å²) in [5.41, 5.74) is 7.31. The topological polar surface area (TPSA) is 60.2 Å². The maximum atomic E-state index is 13.7. The Morgan fingerprint density at radius 2 is 2.26 bits per heavy atom. The van der Waals surface area contributed by atoms with Crippen LogP contribution in [0.15, 0.2) is 17.5 Å². The summed E-state index contributed by atoms with van der Waals surface area (Å²) in [6.07, 6.45) is 0.746. The lowest BCUT2D eigenvalue weighted by atomic mass is 10.2. The lowest BCUT2D eigenvalue weighted by molar-refractivity contribution is 0.416. The van der Waals surface area contributed by atoms with Gasteiger partial charge in [0.15, 0.2) is 0 Å². The highest BCUT2D eigenvalue weighted by Gasteiger charge is 2.08. The van der Waals surface area contributed by atoms with Crippen molar-refractivity contribution in [1.29, 1.82) is 0 Å². The third kappa shape index (κ3) is 3.35. The van der Waals surface area contributed by atoms with E-state index in [2.05, 4.69) is 10.3 Å². The van der Waals surface area contributed by atoms with Gasteiger partial charge in [-0.15, -0.1) is 11.3 Å². The maximum absolute atomic E-state index is 13.7. The Kier molecular flexibility index (Phi) is 4.21. The quantitative estimate of drug-likeness (QED) is 0.827. The van der Waals surface area contributed by atoms with Crippen molar-refractivity contribution in [3.05, 3.63) is 34.0 Å². The van der Waals surface area contributed by atoms with Gasteiger partial charge in [-0.05, 0) is 6.92 Å². The number of nitrogens with one attached hydrogen (secondary N) is 1. The molecule has 0 amide bonds. The molecular weight excluding hydrogens is 265 g/mol. The SMILES string of the molecule is COc1cc(NCCc2csc(C)n2)c(F)cc1N. The molecule has 0 saturated heterocycles. The number of halogens is 1. The molecule has 0 aliphatic heterocycles. The molecule has 0 fully saturated rings. The summed E-state index contributed by atoms with van der Waals surface area (Å²) in [5, 5.41) is 6.07. The Labute approximate surface area is 115 Å². The van der Waals surface area contributed by atoms with E-state index in [1.165, 1.54) is 13.2 Å². The van der Waals surface area contributed by atoms with E-state index in [-0.39, 0.29) is 5.82 Å². The fourth-order valence-electron chi connectivity index (χ4n) is 1.73. The molecule has 0 aliphatic rings. The van der Waals surface area contributed by atoms with Crippen LogP contribution in [0.3, 0.4) is 0 Å². The summed E-state index contributed by atoms with van der Waals surface area (Å²) in [4.78, 5) is 4.35. The molecule has 0 saturated carbocycles. The van der Waals surface area contributed by atoms with Crippen LogP contribution < -0.4 is 15.8 Å². The minimum absolute atomic E-state index is 0.292. The van der Waals surface area contributed by atoms with Gasteiger partial charge in [-0.2, -0.15) is 0 Å². The predicted molar refractivity (Wildman–Crippen MR) is 76.4 cm³/mol. The van der Waals surface area contributed by atoms with Crippen LogP contribution >= 0.6 is 11.3 Å². The van der Waals surface area contributed by atoms with Crippen molar-refractivity contribution in [2.75, 3.05) is 24.7 Å². The third-order valence-electron chi connectivity index (χ3n) is 2.68. The molecule has 2 aromatic rings. The molecule has 19 heavy (non-hydrogen) atoms. The summed E-state index contributed by atoms with van der Waals surface area (Å²) in [6.45, 7) is 2.57. The molecular formula is C13H16FN3OS. The van der Waals surface area contributed by atoms with Gasteiger partial charge in [0, 0.05) is 30.5 Å². The first-order chi connectivity index (χ1) is 9.10. The van der Waals surface area contributed by atoms with Crippen LogP contribution in [0.4, 0.5) is 15.8 Å². The molecule has 2 rings (SSSR count). The molecule has 1 aromatic heterocycles. The number of nitrogens with zero attached hydrogens (tertiary/aromatic N) is 1. The van der Waals surface area contributed by atoms with Crippen molar-refractivity contribution >= 4 is 22.7 Å². The summed E-state index contributed by atoms with van der Waals surface area (Å²) >= 11 is 1.61. The molecule has 0 spiro atoms. The fourth-order valence-corrected chi connectivity index (χ4v) is 2.38. The normalized spacial score (nSPS) is 10.5. The second kappa shape index (κ2) is 5.88. The average Bonchev–Trinajstić information content (AvgIpc) is 2.78. The van der Waals surface area contributed by atoms with Gasteiger partial charge in [-0.3, -0.25) is 0 Å². The predicted octanol–water partition coefficient (Wildman–Crippen LogP) is 2.84. The first-order valence-corrected chi connectivity index (χ1v) is 6.76. The average molecular weight is 281 g/mol. The second-order valence-electron chi connectivity index (χ2n) is 4.11. The Hall–Kier alpha value is -1.82. The van der Waals surface area contributed by atoms with E-state index in [4.69, 9.17) is 10.5 Å². The molecule has 4 nitrogen and oxygen atoms in total. The number of ether oxygens (including phenoxy) is 1. The zero-order chi connectivity index (χ0) is 13.8. The van der Waals surface area contributed by atoms with Crippen LogP contribution in [0.25, 0.3) is 0 Å². The van der Waals surface area contributed by atoms with E-state index in [1.54, 1.807) is 17.4 Å². The standard InChI is InChI=1S/C13H16FN3OS/c1-8-17-9(7-19-8)3-4-16-12-6-13(18-2)11(15)5-10(12)14/h5-7,16H,3-4,15H2,1-2H3. The number of aryl methyl sites for hydroxylation is 1. The van der Waals surface area contributed by atoms with Crippen molar-refractivity contribution in [3.8, 4) is 5.75 Å². The number of nitrogens with two attached hydrogens (primary N) is 1. The van der Waals surface area contributed by atoms with E-state index in [0.717, 1.165) is 17.1 Å². The van der Waals surface area contributed by atoms with Crippen molar-refractivity contribution in [2.24, 2.45) is 0 Å². The van der Waals surface area contributed by atoms with Crippen molar-refractivity contribution < 1.29 is 9.13 Å². The number of anilines is 2. The van der Waals surface area contributed by atoms with Crippen LogP contribution in [0.2, 0.25) is 0 Å². The highest BCUT2D eigenvalue weighted by Crippen LogP contribution is 2.28. The zero-order valence-electron chi connectivity index (χ0n) is 10.9. The summed E-state index contributed by atoms with van der Waals surface area (Å²) in [5.74, 6) is 0.0844. The molecule has 6 heteroatoms. The number of benzene rings is 1. The molecule has 1 aromatic carbocycles. The highest BCUT2D eigenvalue weighted by molar-refractivity contribution is 7.09. The van der Waals surface area contributed by atoms with E-state index in [1.807, 2.05) is 12.3 Å². The molecule has 3 N–H and O–H groups in total. The van der Waals surface area contributed by atoms with Crippen molar-refractivity contribution in [3.63, 3.8) is 0 Å². The molecule has 0 atom stereocenters. The van der Waals surface area contributed by atoms with Gasteiger partial charge in [0.1, 0.15) is 11.6 Å². The third-order valence-corrected chi connectivity index (χ3v) is 3.50. The first-order valence-electron chi connectivity index (χ1n) is 5.88. The molecule has 1 heterocycles. The lowest BCUT2D eigenvalue weighted by Crippen LogP contribution is -2.07. The summed E-state index contributed by atoms with van der Waals surface area (Å²) in [6, 6.07) is 2.82. The second-order valence-corrected chi connectivity index (χ2v) is 5.17. The Bertz CT molecular complexity index is 571. The van der Waals surface area contributed by atoms with Crippen molar-refractivity contribution in [2.45, 2.75) is 13.3 Å². The van der Waals surface area contributed by atoms with Crippen molar-refractivity contribution in [1.82, 2.24) is 4.98 Å².